The lowest BCUT2D eigenvalue weighted by atomic mass is 10.5. The second-order valence-electron chi connectivity index (χ2n) is 1.70. The third-order valence-corrected chi connectivity index (χ3v) is 1.75. The van der Waals surface area contributed by atoms with Crippen LogP contribution in [-0.4, -0.2) is 11.8 Å². The number of halogens is 3. The van der Waals surface area contributed by atoms with Crippen molar-refractivity contribution in [2.24, 2.45) is 0 Å². The largest absolute Gasteiger partial charge is 0.461 e. The second kappa shape index (κ2) is 3.80. The maximum atomic E-state index is 12.5. The average Bonchev–Trinajstić information content (AvgIpc) is 1.98. The fourth-order valence-corrected chi connectivity index (χ4v) is 0.992. The lowest BCUT2D eigenvalue weighted by Gasteiger charge is -1.99. The van der Waals surface area contributed by atoms with Crippen LogP contribution in [0.5, 0.6) is 5.75 Å². The quantitative estimate of drug-likeness (QED) is 0.607. The Morgan fingerprint density at radius 1 is 1.64 bits per heavy atom. The van der Waals surface area contributed by atoms with E-state index in [1.54, 1.807) is 22.6 Å². The van der Waals surface area contributed by atoms with E-state index in [1.807, 2.05) is 0 Å². The van der Waals surface area contributed by atoms with Gasteiger partial charge in [0.05, 0.1) is 9.77 Å². The van der Waals surface area contributed by atoms with Crippen LogP contribution in [0.25, 0.3) is 0 Å². The third-order valence-electron chi connectivity index (χ3n) is 0.992. The van der Waals surface area contributed by atoms with Gasteiger partial charge in [-0.2, -0.15) is 4.39 Å². The maximum Gasteiger partial charge on any atom is 0.228 e. The monoisotopic (exact) mass is 271 g/mol. The molecule has 0 aliphatic rings. The molecular weight excluding hydrogens is 267 g/mol. The van der Waals surface area contributed by atoms with Gasteiger partial charge in [-0.3, -0.25) is 0 Å². The van der Waals surface area contributed by atoms with Gasteiger partial charge in [0.25, 0.3) is 0 Å². The molecule has 0 aliphatic carbocycles. The molecule has 60 valence electrons. The van der Waals surface area contributed by atoms with Crippen LogP contribution < -0.4 is 4.74 Å². The molecule has 0 saturated heterocycles. The highest BCUT2D eigenvalue weighted by molar-refractivity contribution is 14.1. The number of ether oxygens (including phenoxy) is 1. The lowest BCUT2D eigenvalue weighted by Crippen LogP contribution is -1.93. The fraction of sp³-hybridized carbons (Fsp3) is 0.167. The summed E-state index contributed by atoms with van der Waals surface area (Å²) in [5, 5.41) is 0. The number of hydrogen-bond donors (Lipinski definition) is 0. The molecule has 0 saturated carbocycles. The molecule has 0 radical (unpaired) electrons. The van der Waals surface area contributed by atoms with E-state index in [0.29, 0.717) is 3.57 Å². The molecule has 1 aromatic rings. The van der Waals surface area contributed by atoms with Crippen molar-refractivity contribution in [1.29, 1.82) is 0 Å². The zero-order valence-corrected chi connectivity index (χ0v) is 7.51. The molecule has 0 unspecified atom stereocenters. The van der Waals surface area contributed by atoms with E-state index in [9.17, 15) is 8.78 Å². The summed E-state index contributed by atoms with van der Waals surface area (Å²) in [5.74, 6) is -0.338. The molecule has 11 heavy (non-hydrogen) atoms. The Bertz CT molecular complexity index is 256. The van der Waals surface area contributed by atoms with Gasteiger partial charge < -0.3 is 4.74 Å². The average molecular weight is 271 g/mol. The van der Waals surface area contributed by atoms with Gasteiger partial charge in [-0.05, 0) is 28.7 Å². The molecule has 5 heteroatoms. The smallest absolute Gasteiger partial charge is 0.228 e. The normalized spacial score (nSPS) is 9.73. The molecular formula is C6H4F2INO. The molecule has 0 N–H and O–H groups in total. The second-order valence-corrected chi connectivity index (χ2v) is 2.86. The van der Waals surface area contributed by atoms with Crippen molar-refractivity contribution in [3.8, 4) is 5.75 Å². The van der Waals surface area contributed by atoms with E-state index in [2.05, 4.69) is 9.72 Å². The van der Waals surface area contributed by atoms with Crippen molar-refractivity contribution in [2.45, 2.75) is 0 Å². The first-order valence-corrected chi connectivity index (χ1v) is 3.81. The first kappa shape index (κ1) is 8.63. The summed E-state index contributed by atoms with van der Waals surface area (Å²) in [4.78, 5) is 3.33. The molecule has 0 fully saturated rings. The van der Waals surface area contributed by atoms with Crippen LogP contribution in [0, 0.1) is 9.52 Å². The topological polar surface area (TPSA) is 22.1 Å². The van der Waals surface area contributed by atoms with Crippen molar-refractivity contribution in [3.63, 3.8) is 0 Å². The van der Waals surface area contributed by atoms with E-state index in [1.165, 1.54) is 6.07 Å². The summed E-state index contributed by atoms with van der Waals surface area (Å²) < 4.78 is 28.8. The zero-order chi connectivity index (χ0) is 8.27. The first-order chi connectivity index (χ1) is 5.24. The molecule has 1 heterocycles. The van der Waals surface area contributed by atoms with Gasteiger partial charge in [0, 0.05) is 0 Å². The standard InChI is InChI=1S/C6H4F2INO/c7-3-11-4-1-5(9)6(8)10-2-4/h1-2H,3H2. The molecule has 1 rings (SSSR count). The number of pyridine rings is 1. The van der Waals surface area contributed by atoms with Crippen molar-refractivity contribution in [3.05, 3.63) is 21.8 Å². The van der Waals surface area contributed by atoms with Gasteiger partial charge >= 0.3 is 0 Å². The lowest BCUT2D eigenvalue weighted by molar-refractivity contribution is 0.190. The highest BCUT2D eigenvalue weighted by atomic mass is 127. The Balaban J connectivity index is 2.86. The summed E-state index contributed by atoms with van der Waals surface area (Å²) in [6.45, 7) is -0.927. The minimum atomic E-state index is -0.927. The van der Waals surface area contributed by atoms with Crippen LogP contribution >= 0.6 is 22.6 Å². The minimum Gasteiger partial charge on any atom is -0.461 e. The Hall–Kier alpha value is -0.460. The van der Waals surface area contributed by atoms with Gasteiger partial charge in [0.1, 0.15) is 5.75 Å². The van der Waals surface area contributed by atoms with Crippen LogP contribution in [0.1, 0.15) is 0 Å². The number of aromatic nitrogens is 1. The number of alkyl halides is 1. The van der Waals surface area contributed by atoms with Crippen LogP contribution in [0.2, 0.25) is 0 Å². The summed E-state index contributed by atoms with van der Waals surface area (Å²) in [7, 11) is 0. The Kier molecular flexibility index (Phi) is 2.98. The molecule has 0 bridgehead atoms. The highest BCUT2D eigenvalue weighted by Gasteiger charge is 2.01. The van der Waals surface area contributed by atoms with Gasteiger partial charge in [0.15, 0.2) is 0 Å². The summed E-state index contributed by atoms with van der Waals surface area (Å²) in [5.41, 5.74) is 0. The van der Waals surface area contributed by atoms with Crippen molar-refractivity contribution in [1.82, 2.24) is 4.98 Å². The number of rotatable bonds is 2. The van der Waals surface area contributed by atoms with E-state index < -0.39 is 12.8 Å². The number of hydrogen-bond acceptors (Lipinski definition) is 2. The van der Waals surface area contributed by atoms with Gasteiger partial charge in [0.2, 0.25) is 12.8 Å². The third kappa shape index (κ3) is 2.25. The summed E-state index contributed by atoms with van der Waals surface area (Å²) in [6.07, 6.45) is 1.14. The van der Waals surface area contributed by atoms with Crippen LogP contribution in [-0.2, 0) is 0 Å². The molecule has 0 amide bonds. The molecule has 0 aliphatic heterocycles. The predicted molar refractivity (Wildman–Crippen MR) is 43.5 cm³/mol. The molecule has 0 aromatic carbocycles. The van der Waals surface area contributed by atoms with Crippen molar-refractivity contribution < 1.29 is 13.5 Å². The highest BCUT2D eigenvalue weighted by Crippen LogP contribution is 2.15. The van der Waals surface area contributed by atoms with E-state index in [-0.39, 0.29) is 5.75 Å². The Morgan fingerprint density at radius 3 is 2.91 bits per heavy atom. The summed E-state index contributed by atoms with van der Waals surface area (Å²) in [6, 6.07) is 1.38. The van der Waals surface area contributed by atoms with E-state index in [0.717, 1.165) is 6.20 Å². The molecule has 0 spiro atoms. The van der Waals surface area contributed by atoms with Crippen molar-refractivity contribution >= 4 is 22.6 Å². The van der Waals surface area contributed by atoms with Gasteiger partial charge in [-0.15, -0.1) is 0 Å². The molecule has 0 atom stereocenters. The molecule has 1 aromatic heterocycles. The minimum absolute atomic E-state index is 0.235. The van der Waals surface area contributed by atoms with Crippen LogP contribution in [0.3, 0.4) is 0 Å². The predicted octanol–water partition coefficient (Wildman–Crippen LogP) is 2.13. The Labute approximate surface area is 75.7 Å². The number of nitrogens with zero attached hydrogens (tertiary/aromatic N) is 1. The fourth-order valence-electron chi connectivity index (χ4n) is 0.546. The van der Waals surface area contributed by atoms with E-state index >= 15 is 0 Å². The zero-order valence-electron chi connectivity index (χ0n) is 5.35. The first-order valence-electron chi connectivity index (χ1n) is 2.74. The van der Waals surface area contributed by atoms with Gasteiger partial charge in [-0.1, -0.05) is 0 Å². The SMILES string of the molecule is FCOc1cnc(F)c(I)c1. The van der Waals surface area contributed by atoms with E-state index in [4.69, 9.17) is 0 Å². The van der Waals surface area contributed by atoms with Crippen molar-refractivity contribution in [2.75, 3.05) is 6.86 Å². The maximum absolute atomic E-state index is 12.5. The summed E-state index contributed by atoms with van der Waals surface area (Å²) >= 11 is 1.75. The van der Waals surface area contributed by atoms with Gasteiger partial charge in [-0.25, -0.2) is 9.37 Å². The molecule has 2 nitrogen and oxygen atoms in total. The van der Waals surface area contributed by atoms with Crippen LogP contribution in [0.4, 0.5) is 8.78 Å². The van der Waals surface area contributed by atoms with Crippen LogP contribution in [0.15, 0.2) is 12.3 Å². The Morgan fingerprint density at radius 2 is 2.36 bits per heavy atom.